The molecule has 1 aliphatic carbocycles. The summed E-state index contributed by atoms with van der Waals surface area (Å²) < 4.78 is 1.92. The van der Waals surface area contributed by atoms with Crippen molar-refractivity contribution in [2.24, 2.45) is 0 Å². The molecule has 1 aliphatic rings. The first-order valence-corrected chi connectivity index (χ1v) is 6.68. The van der Waals surface area contributed by atoms with Gasteiger partial charge in [0, 0.05) is 18.4 Å². The van der Waals surface area contributed by atoms with Crippen LogP contribution in [0.3, 0.4) is 0 Å². The molecule has 0 aromatic carbocycles. The largest absolute Gasteiger partial charge is 0.382 e. The summed E-state index contributed by atoms with van der Waals surface area (Å²) in [5, 5.41) is 3.52. The maximum absolute atomic E-state index is 5.82. The topological polar surface area (TPSA) is 68.2 Å². The second-order valence-electron chi connectivity index (χ2n) is 5.01. The zero-order valence-corrected chi connectivity index (χ0v) is 10.5. The van der Waals surface area contributed by atoms with Crippen molar-refractivity contribution >= 4 is 17.3 Å². The third-order valence-electron chi connectivity index (χ3n) is 3.59. The van der Waals surface area contributed by atoms with Crippen LogP contribution in [0.1, 0.15) is 38.5 Å². The molecule has 1 fully saturated rings. The Bertz CT molecular complexity index is 525. The van der Waals surface area contributed by atoms with Crippen LogP contribution in [0.2, 0.25) is 0 Å². The highest BCUT2D eigenvalue weighted by Gasteiger charge is 2.15. The van der Waals surface area contributed by atoms with E-state index < -0.39 is 0 Å². The number of nitrogens with zero attached hydrogens (tertiary/aromatic N) is 3. The van der Waals surface area contributed by atoms with Crippen molar-refractivity contribution in [3.05, 3.63) is 18.6 Å². The van der Waals surface area contributed by atoms with Crippen molar-refractivity contribution in [1.82, 2.24) is 14.4 Å². The van der Waals surface area contributed by atoms with Gasteiger partial charge < -0.3 is 15.5 Å². The van der Waals surface area contributed by atoms with Crippen LogP contribution in [0, 0.1) is 0 Å². The van der Waals surface area contributed by atoms with E-state index in [4.69, 9.17) is 5.73 Å². The molecule has 3 N–H and O–H groups in total. The van der Waals surface area contributed by atoms with Gasteiger partial charge in [-0.1, -0.05) is 25.7 Å². The molecule has 0 saturated heterocycles. The lowest BCUT2D eigenvalue weighted by atomic mass is 10.1. The van der Waals surface area contributed by atoms with E-state index in [2.05, 4.69) is 15.3 Å². The van der Waals surface area contributed by atoms with Gasteiger partial charge in [0.25, 0.3) is 0 Å². The van der Waals surface area contributed by atoms with Crippen molar-refractivity contribution in [2.45, 2.75) is 44.6 Å². The van der Waals surface area contributed by atoms with Gasteiger partial charge in [0.15, 0.2) is 11.5 Å². The fourth-order valence-corrected chi connectivity index (χ4v) is 2.66. The fraction of sp³-hybridized carbons (Fsp3) is 0.538. The van der Waals surface area contributed by atoms with Crippen molar-refractivity contribution in [3.8, 4) is 0 Å². The summed E-state index contributed by atoms with van der Waals surface area (Å²) in [4.78, 5) is 8.71. The number of anilines is 2. The van der Waals surface area contributed by atoms with E-state index in [1.807, 2.05) is 10.6 Å². The summed E-state index contributed by atoms with van der Waals surface area (Å²) in [6.45, 7) is 0. The molecule has 0 bridgehead atoms. The number of nitrogens with one attached hydrogen (secondary N) is 1. The molecule has 1 saturated carbocycles. The molecule has 0 aliphatic heterocycles. The molecule has 3 rings (SSSR count). The Morgan fingerprint density at radius 3 is 2.78 bits per heavy atom. The lowest BCUT2D eigenvalue weighted by molar-refractivity contribution is 0.618. The van der Waals surface area contributed by atoms with Crippen molar-refractivity contribution in [3.63, 3.8) is 0 Å². The Morgan fingerprint density at radius 2 is 2.00 bits per heavy atom. The van der Waals surface area contributed by atoms with Crippen LogP contribution in [0.15, 0.2) is 18.6 Å². The van der Waals surface area contributed by atoms with Crippen molar-refractivity contribution in [2.75, 3.05) is 11.1 Å². The molecule has 2 aromatic heterocycles. The smallest absolute Gasteiger partial charge is 0.180 e. The van der Waals surface area contributed by atoms with Crippen LogP contribution in [0.25, 0.3) is 5.65 Å². The highest BCUT2D eigenvalue weighted by atomic mass is 15.1. The number of imidazole rings is 1. The lowest BCUT2D eigenvalue weighted by Crippen LogP contribution is -2.20. The summed E-state index contributed by atoms with van der Waals surface area (Å²) in [7, 11) is 0. The molecule has 0 radical (unpaired) electrons. The Balaban J connectivity index is 1.86. The minimum atomic E-state index is 0.502. The fourth-order valence-electron chi connectivity index (χ4n) is 2.66. The van der Waals surface area contributed by atoms with Gasteiger partial charge in [0.1, 0.15) is 5.82 Å². The van der Waals surface area contributed by atoms with Gasteiger partial charge in [-0.2, -0.15) is 0 Å². The maximum Gasteiger partial charge on any atom is 0.180 e. The maximum atomic E-state index is 5.82. The van der Waals surface area contributed by atoms with Gasteiger partial charge in [0.05, 0.1) is 6.20 Å². The molecular weight excluding hydrogens is 226 g/mol. The van der Waals surface area contributed by atoms with Crippen molar-refractivity contribution in [1.29, 1.82) is 0 Å². The monoisotopic (exact) mass is 245 g/mol. The number of nitrogen functional groups attached to an aromatic ring is 1. The SMILES string of the molecule is Nc1cn2ccnc2c(NC2CCCCCC2)n1. The number of aromatic nitrogens is 3. The predicted octanol–water partition coefficient (Wildman–Crippen LogP) is 2.45. The third-order valence-corrected chi connectivity index (χ3v) is 3.59. The molecule has 0 atom stereocenters. The number of nitrogens with two attached hydrogens (primary N) is 1. The minimum absolute atomic E-state index is 0.502. The first kappa shape index (κ1) is 11.3. The van der Waals surface area contributed by atoms with Crippen LogP contribution in [0.5, 0.6) is 0 Å². The molecule has 2 heterocycles. The molecule has 18 heavy (non-hydrogen) atoms. The summed E-state index contributed by atoms with van der Waals surface area (Å²) in [6.07, 6.45) is 13.2. The van der Waals surface area contributed by atoms with Crippen LogP contribution < -0.4 is 11.1 Å². The van der Waals surface area contributed by atoms with E-state index in [1.54, 1.807) is 12.4 Å². The van der Waals surface area contributed by atoms with Gasteiger partial charge in [0.2, 0.25) is 0 Å². The van der Waals surface area contributed by atoms with Crippen LogP contribution in [-0.2, 0) is 0 Å². The second-order valence-corrected chi connectivity index (χ2v) is 5.01. The molecule has 2 aromatic rings. The van der Waals surface area contributed by atoms with E-state index in [9.17, 15) is 0 Å². The summed E-state index contributed by atoms with van der Waals surface area (Å²) in [5.41, 5.74) is 6.68. The van der Waals surface area contributed by atoms with E-state index in [0.29, 0.717) is 11.9 Å². The Kier molecular flexibility index (Phi) is 3.04. The number of fused-ring (bicyclic) bond motifs is 1. The van der Waals surface area contributed by atoms with Gasteiger partial charge in [-0.25, -0.2) is 9.97 Å². The molecule has 5 heteroatoms. The van der Waals surface area contributed by atoms with Gasteiger partial charge in [-0.3, -0.25) is 0 Å². The van der Waals surface area contributed by atoms with E-state index >= 15 is 0 Å². The Morgan fingerprint density at radius 1 is 1.22 bits per heavy atom. The number of rotatable bonds is 2. The standard InChI is InChI=1S/C13H19N5/c14-11-9-18-8-7-15-13(18)12(17-11)16-10-5-3-1-2-4-6-10/h7-10H,1-6,14H2,(H,16,17). The summed E-state index contributed by atoms with van der Waals surface area (Å²) in [5.74, 6) is 1.34. The van der Waals surface area contributed by atoms with Gasteiger partial charge in [-0.15, -0.1) is 0 Å². The van der Waals surface area contributed by atoms with E-state index in [0.717, 1.165) is 11.5 Å². The molecule has 0 spiro atoms. The summed E-state index contributed by atoms with van der Waals surface area (Å²) >= 11 is 0. The molecule has 5 nitrogen and oxygen atoms in total. The summed E-state index contributed by atoms with van der Waals surface area (Å²) in [6, 6.07) is 0.502. The molecular formula is C13H19N5. The predicted molar refractivity (Wildman–Crippen MR) is 72.5 cm³/mol. The quantitative estimate of drug-likeness (QED) is 0.797. The van der Waals surface area contributed by atoms with Crippen molar-refractivity contribution < 1.29 is 0 Å². The molecule has 0 unspecified atom stereocenters. The lowest BCUT2D eigenvalue weighted by Gasteiger charge is -2.17. The average Bonchev–Trinajstić information content (AvgIpc) is 2.66. The Labute approximate surface area is 106 Å². The first-order chi connectivity index (χ1) is 8.83. The zero-order valence-electron chi connectivity index (χ0n) is 10.5. The molecule has 0 amide bonds. The minimum Gasteiger partial charge on any atom is -0.382 e. The number of hydrogen-bond acceptors (Lipinski definition) is 4. The first-order valence-electron chi connectivity index (χ1n) is 6.68. The second kappa shape index (κ2) is 4.84. The highest BCUT2D eigenvalue weighted by Crippen LogP contribution is 2.22. The van der Waals surface area contributed by atoms with E-state index in [1.165, 1.54) is 38.5 Å². The average molecular weight is 245 g/mol. The van der Waals surface area contributed by atoms with E-state index in [-0.39, 0.29) is 0 Å². The van der Waals surface area contributed by atoms with Crippen LogP contribution in [0.4, 0.5) is 11.6 Å². The number of hydrogen-bond donors (Lipinski definition) is 2. The zero-order chi connectivity index (χ0) is 12.4. The van der Waals surface area contributed by atoms with Gasteiger partial charge in [-0.05, 0) is 12.8 Å². The highest BCUT2D eigenvalue weighted by molar-refractivity contribution is 5.65. The van der Waals surface area contributed by atoms with Crippen LogP contribution in [-0.4, -0.2) is 20.4 Å². The molecule has 96 valence electrons. The normalized spacial score (nSPS) is 17.8. The third kappa shape index (κ3) is 2.25. The Hall–Kier alpha value is -1.78. The van der Waals surface area contributed by atoms with Gasteiger partial charge >= 0.3 is 0 Å². The van der Waals surface area contributed by atoms with Crippen LogP contribution >= 0.6 is 0 Å².